The Morgan fingerprint density at radius 2 is 2.31 bits per heavy atom. The number of cyclic esters (lactones) is 1. The van der Waals surface area contributed by atoms with E-state index in [1.54, 1.807) is 12.1 Å². The second kappa shape index (κ2) is 2.76. The summed E-state index contributed by atoms with van der Waals surface area (Å²) in [6.45, 7) is 1.96. The zero-order valence-electron chi connectivity index (χ0n) is 7.28. The maximum Gasteiger partial charge on any atom is 0.339 e. The van der Waals surface area contributed by atoms with Gasteiger partial charge in [0.05, 0.1) is 5.56 Å². The van der Waals surface area contributed by atoms with Crippen molar-refractivity contribution in [2.45, 2.75) is 19.4 Å². The molecule has 3 nitrogen and oxygen atoms in total. The molecule has 0 radical (unpaired) electrons. The number of carbonyl (C=O) groups excluding carboxylic acids is 1. The van der Waals surface area contributed by atoms with E-state index >= 15 is 0 Å². The minimum absolute atomic E-state index is 0.104. The van der Waals surface area contributed by atoms with Gasteiger partial charge in [0.2, 0.25) is 0 Å². The van der Waals surface area contributed by atoms with Gasteiger partial charge in [-0.1, -0.05) is 13.0 Å². The molecule has 1 aliphatic rings. The highest BCUT2D eigenvalue weighted by atomic mass is 16.5. The van der Waals surface area contributed by atoms with Crippen molar-refractivity contribution in [3.05, 3.63) is 29.3 Å². The molecular formula is C10H10O3. The summed E-state index contributed by atoms with van der Waals surface area (Å²) in [5.74, 6) is -0.231. The number of fused-ring (bicyclic) bond motifs is 1. The molecule has 0 aromatic heterocycles. The van der Waals surface area contributed by atoms with E-state index in [1.807, 2.05) is 6.92 Å². The van der Waals surface area contributed by atoms with Crippen molar-refractivity contribution < 1.29 is 14.6 Å². The highest BCUT2D eigenvalue weighted by Crippen LogP contribution is 2.34. The van der Waals surface area contributed by atoms with Crippen molar-refractivity contribution >= 4 is 5.97 Å². The Balaban J connectivity index is 2.52. The maximum atomic E-state index is 11.3. The summed E-state index contributed by atoms with van der Waals surface area (Å²) in [5.41, 5.74) is 1.37. The second-order valence-electron chi connectivity index (χ2n) is 3.07. The molecule has 68 valence electrons. The molecule has 1 heterocycles. The van der Waals surface area contributed by atoms with Gasteiger partial charge < -0.3 is 9.84 Å². The van der Waals surface area contributed by atoms with Crippen LogP contribution in [0.25, 0.3) is 0 Å². The topological polar surface area (TPSA) is 46.5 Å². The fourth-order valence-electron chi connectivity index (χ4n) is 1.56. The monoisotopic (exact) mass is 178 g/mol. The quantitative estimate of drug-likeness (QED) is 0.669. The van der Waals surface area contributed by atoms with Gasteiger partial charge in [-0.3, -0.25) is 0 Å². The molecule has 1 atom stereocenters. The van der Waals surface area contributed by atoms with Gasteiger partial charge in [-0.15, -0.1) is 0 Å². The van der Waals surface area contributed by atoms with Crippen LogP contribution in [0.2, 0.25) is 0 Å². The first-order chi connectivity index (χ1) is 6.22. The van der Waals surface area contributed by atoms with E-state index in [-0.39, 0.29) is 17.8 Å². The molecule has 3 heteroatoms. The smallest absolute Gasteiger partial charge is 0.339 e. The van der Waals surface area contributed by atoms with Crippen LogP contribution in [-0.4, -0.2) is 11.1 Å². The van der Waals surface area contributed by atoms with Crippen LogP contribution in [0, 0.1) is 0 Å². The van der Waals surface area contributed by atoms with E-state index in [0.29, 0.717) is 5.56 Å². The number of phenols is 1. The lowest BCUT2D eigenvalue weighted by molar-refractivity contribution is 0.0378. The molecule has 1 aromatic rings. The molecular weight excluding hydrogens is 168 g/mol. The fourth-order valence-corrected chi connectivity index (χ4v) is 1.56. The number of rotatable bonds is 1. The van der Waals surface area contributed by atoms with Crippen molar-refractivity contribution in [3.63, 3.8) is 0 Å². The summed E-state index contributed by atoms with van der Waals surface area (Å²) in [7, 11) is 0. The summed E-state index contributed by atoms with van der Waals surface area (Å²) < 4.78 is 5.09. The average molecular weight is 178 g/mol. The van der Waals surface area contributed by atoms with Crippen LogP contribution >= 0.6 is 0 Å². The highest BCUT2D eigenvalue weighted by molar-refractivity contribution is 5.94. The van der Waals surface area contributed by atoms with Gasteiger partial charge in [-0.25, -0.2) is 4.79 Å². The van der Waals surface area contributed by atoms with Crippen LogP contribution in [0.4, 0.5) is 0 Å². The van der Waals surface area contributed by atoms with Gasteiger partial charge in [-0.05, 0) is 18.6 Å². The molecule has 0 spiro atoms. The summed E-state index contributed by atoms with van der Waals surface area (Å²) in [6.07, 6.45) is 0.631. The lowest BCUT2D eigenvalue weighted by Crippen LogP contribution is -1.96. The van der Waals surface area contributed by atoms with E-state index in [9.17, 15) is 4.79 Å². The molecule has 0 amide bonds. The molecule has 1 aliphatic heterocycles. The van der Waals surface area contributed by atoms with E-state index in [0.717, 1.165) is 12.0 Å². The zero-order chi connectivity index (χ0) is 9.42. The largest absolute Gasteiger partial charge is 0.508 e. The predicted molar refractivity (Wildman–Crippen MR) is 46.6 cm³/mol. The van der Waals surface area contributed by atoms with Gasteiger partial charge >= 0.3 is 5.97 Å². The lowest BCUT2D eigenvalue weighted by atomic mass is 10.0. The van der Waals surface area contributed by atoms with Crippen molar-refractivity contribution in [1.29, 1.82) is 0 Å². The average Bonchev–Trinajstić information content (AvgIpc) is 2.43. The van der Waals surface area contributed by atoms with E-state index in [4.69, 9.17) is 9.84 Å². The molecule has 0 fully saturated rings. The summed E-state index contributed by atoms with van der Waals surface area (Å²) in [4.78, 5) is 11.3. The van der Waals surface area contributed by atoms with Crippen molar-refractivity contribution in [3.8, 4) is 5.75 Å². The molecule has 1 N–H and O–H groups in total. The van der Waals surface area contributed by atoms with Gasteiger partial charge in [-0.2, -0.15) is 0 Å². The second-order valence-corrected chi connectivity index (χ2v) is 3.07. The van der Waals surface area contributed by atoms with E-state index in [1.165, 1.54) is 6.07 Å². The van der Waals surface area contributed by atoms with E-state index < -0.39 is 0 Å². The summed E-state index contributed by atoms with van der Waals surface area (Å²) in [5, 5.41) is 9.17. The standard InChI is InChI=1S/C10H10O3/c1-2-9-7-4-3-6(11)5-8(7)10(12)13-9/h3-5,9,11H,2H2,1H3. The third kappa shape index (κ3) is 1.16. The number of benzene rings is 1. The maximum absolute atomic E-state index is 11.3. The molecule has 1 aromatic carbocycles. The number of carbonyl (C=O) groups is 1. The third-order valence-electron chi connectivity index (χ3n) is 2.22. The van der Waals surface area contributed by atoms with Crippen molar-refractivity contribution in [2.75, 3.05) is 0 Å². The molecule has 0 aliphatic carbocycles. The number of hydrogen-bond acceptors (Lipinski definition) is 3. The van der Waals surface area contributed by atoms with Crippen LogP contribution in [0.5, 0.6) is 5.75 Å². The lowest BCUT2D eigenvalue weighted by Gasteiger charge is -2.05. The Morgan fingerprint density at radius 3 is 3.00 bits per heavy atom. The van der Waals surface area contributed by atoms with Gasteiger partial charge in [0.25, 0.3) is 0 Å². The number of hydrogen-bond donors (Lipinski definition) is 1. The zero-order valence-corrected chi connectivity index (χ0v) is 7.28. The Bertz CT molecular complexity index is 357. The SMILES string of the molecule is CCC1OC(=O)c2cc(O)ccc21. The molecule has 2 rings (SSSR count). The molecule has 1 unspecified atom stereocenters. The number of ether oxygens (including phenoxy) is 1. The van der Waals surface area contributed by atoms with Crippen LogP contribution in [-0.2, 0) is 4.74 Å². The number of esters is 1. The first kappa shape index (κ1) is 8.10. The summed E-state index contributed by atoms with van der Waals surface area (Å²) in [6, 6.07) is 4.76. The van der Waals surface area contributed by atoms with Crippen molar-refractivity contribution in [1.82, 2.24) is 0 Å². The summed E-state index contributed by atoms with van der Waals surface area (Å²) >= 11 is 0. The van der Waals surface area contributed by atoms with Crippen LogP contribution in [0.3, 0.4) is 0 Å². The van der Waals surface area contributed by atoms with E-state index in [2.05, 4.69) is 0 Å². The van der Waals surface area contributed by atoms with Crippen LogP contribution in [0.15, 0.2) is 18.2 Å². The van der Waals surface area contributed by atoms with Gasteiger partial charge in [0.15, 0.2) is 0 Å². The number of aromatic hydroxyl groups is 1. The first-order valence-electron chi connectivity index (χ1n) is 4.26. The Labute approximate surface area is 76.0 Å². The molecule has 13 heavy (non-hydrogen) atoms. The minimum Gasteiger partial charge on any atom is -0.508 e. The Hall–Kier alpha value is -1.51. The third-order valence-corrected chi connectivity index (χ3v) is 2.22. The first-order valence-corrected chi connectivity index (χ1v) is 4.26. The van der Waals surface area contributed by atoms with Crippen LogP contribution < -0.4 is 0 Å². The Kier molecular flexibility index (Phi) is 1.72. The number of phenolic OH excluding ortho intramolecular Hbond substituents is 1. The van der Waals surface area contributed by atoms with Gasteiger partial charge in [0, 0.05) is 5.56 Å². The Morgan fingerprint density at radius 1 is 1.54 bits per heavy atom. The van der Waals surface area contributed by atoms with Crippen molar-refractivity contribution in [2.24, 2.45) is 0 Å². The van der Waals surface area contributed by atoms with Gasteiger partial charge in [0.1, 0.15) is 11.9 Å². The minimum atomic E-state index is -0.335. The molecule has 0 saturated heterocycles. The normalized spacial score (nSPS) is 19.8. The molecule has 0 saturated carbocycles. The fraction of sp³-hybridized carbons (Fsp3) is 0.300. The highest BCUT2D eigenvalue weighted by Gasteiger charge is 2.29. The van der Waals surface area contributed by atoms with Crippen LogP contribution in [0.1, 0.15) is 35.4 Å². The molecule has 0 bridgehead atoms. The predicted octanol–water partition coefficient (Wildman–Crippen LogP) is 2.01.